The second-order valence-corrected chi connectivity index (χ2v) is 4.90. The highest BCUT2D eigenvalue weighted by atomic mass is 16.2. The number of hydrogen-bond acceptors (Lipinski definition) is 5. The van der Waals surface area contributed by atoms with Crippen LogP contribution in [-0.2, 0) is 9.59 Å². The molecule has 1 aliphatic heterocycles. The van der Waals surface area contributed by atoms with Gasteiger partial charge in [-0.3, -0.25) is 19.7 Å². The minimum atomic E-state index is -0.623. The molecule has 3 amide bonds. The SMILES string of the molecule is CCC1C(=O)NC(=O)CN1C(=O)c1cc(C)nc(NC)c1. The van der Waals surface area contributed by atoms with E-state index in [-0.39, 0.29) is 12.5 Å². The molecule has 112 valence electrons. The van der Waals surface area contributed by atoms with Gasteiger partial charge in [0, 0.05) is 18.3 Å². The molecule has 2 N–H and O–H groups in total. The van der Waals surface area contributed by atoms with Crippen molar-refractivity contribution in [1.29, 1.82) is 0 Å². The Morgan fingerprint density at radius 2 is 2.19 bits per heavy atom. The van der Waals surface area contributed by atoms with Gasteiger partial charge in [0.15, 0.2) is 0 Å². The van der Waals surface area contributed by atoms with Crippen LogP contribution in [0.1, 0.15) is 29.4 Å². The molecule has 1 fully saturated rings. The molecule has 1 atom stereocenters. The van der Waals surface area contributed by atoms with Gasteiger partial charge >= 0.3 is 0 Å². The van der Waals surface area contributed by atoms with E-state index in [0.717, 1.165) is 0 Å². The molecule has 2 heterocycles. The molecule has 7 nitrogen and oxygen atoms in total. The summed E-state index contributed by atoms with van der Waals surface area (Å²) >= 11 is 0. The van der Waals surface area contributed by atoms with Crippen LogP contribution in [0.3, 0.4) is 0 Å². The summed E-state index contributed by atoms with van der Waals surface area (Å²) in [5.74, 6) is -0.661. The van der Waals surface area contributed by atoms with E-state index in [1.54, 1.807) is 33.0 Å². The summed E-state index contributed by atoms with van der Waals surface area (Å²) in [5.41, 5.74) is 1.10. The van der Waals surface area contributed by atoms with Gasteiger partial charge in [0.2, 0.25) is 11.8 Å². The van der Waals surface area contributed by atoms with Crippen molar-refractivity contribution in [3.05, 3.63) is 23.4 Å². The van der Waals surface area contributed by atoms with Gasteiger partial charge in [0.05, 0.1) is 0 Å². The van der Waals surface area contributed by atoms with Crippen LogP contribution in [-0.4, -0.2) is 47.2 Å². The fourth-order valence-electron chi connectivity index (χ4n) is 2.37. The Morgan fingerprint density at radius 1 is 1.48 bits per heavy atom. The van der Waals surface area contributed by atoms with Crippen molar-refractivity contribution < 1.29 is 14.4 Å². The Hall–Kier alpha value is -2.44. The Kier molecular flexibility index (Phi) is 4.21. The number of carbonyl (C=O) groups is 3. The number of rotatable bonds is 3. The first-order chi connectivity index (χ1) is 9.96. The largest absolute Gasteiger partial charge is 0.373 e. The van der Waals surface area contributed by atoms with Crippen molar-refractivity contribution >= 4 is 23.5 Å². The van der Waals surface area contributed by atoms with Gasteiger partial charge < -0.3 is 10.2 Å². The van der Waals surface area contributed by atoms with Crippen molar-refractivity contribution in [2.24, 2.45) is 0 Å². The third-order valence-corrected chi connectivity index (χ3v) is 3.36. The number of nitrogens with one attached hydrogen (secondary N) is 2. The summed E-state index contributed by atoms with van der Waals surface area (Å²) in [6.45, 7) is 3.47. The van der Waals surface area contributed by atoms with E-state index in [0.29, 0.717) is 23.5 Å². The van der Waals surface area contributed by atoms with Gasteiger partial charge in [-0.05, 0) is 25.5 Å². The Morgan fingerprint density at radius 3 is 2.81 bits per heavy atom. The second-order valence-electron chi connectivity index (χ2n) is 4.90. The molecule has 1 aromatic rings. The van der Waals surface area contributed by atoms with Crippen LogP contribution in [0.5, 0.6) is 0 Å². The van der Waals surface area contributed by atoms with E-state index >= 15 is 0 Å². The molecular weight excluding hydrogens is 272 g/mol. The lowest BCUT2D eigenvalue weighted by Gasteiger charge is -2.33. The molecule has 0 bridgehead atoms. The van der Waals surface area contributed by atoms with E-state index in [9.17, 15) is 14.4 Å². The highest BCUT2D eigenvalue weighted by molar-refractivity contribution is 6.07. The number of aromatic nitrogens is 1. The summed E-state index contributed by atoms with van der Waals surface area (Å²) in [4.78, 5) is 41.5. The van der Waals surface area contributed by atoms with Gasteiger partial charge in [-0.25, -0.2) is 4.98 Å². The molecule has 1 unspecified atom stereocenters. The van der Waals surface area contributed by atoms with Crippen LogP contribution in [0.2, 0.25) is 0 Å². The predicted molar refractivity (Wildman–Crippen MR) is 76.8 cm³/mol. The second kappa shape index (κ2) is 5.90. The lowest BCUT2D eigenvalue weighted by atomic mass is 10.1. The van der Waals surface area contributed by atoms with E-state index in [1.165, 1.54) is 4.90 Å². The maximum atomic E-state index is 12.6. The summed E-state index contributed by atoms with van der Waals surface area (Å²) in [7, 11) is 1.71. The molecule has 1 aliphatic rings. The lowest BCUT2D eigenvalue weighted by Crippen LogP contribution is -2.59. The van der Waals surface area contributed by atoms with E-state index in [1.807, 2.05) is 0 Å². The molecule has 0 saturated carbocycles. The zero-order valence-electron chi connectivity index (χ0n) is 12.3. The quantitative estimate of drug-likeness (QED) is 0.782. The highest BCUT2D eigenvalue weighted by Gasteiger charge is 2.36. The minimum absolute atomic E-state index is 0.112. The summed E-state index contributed by atoms with van der Waals surface area (Å²) in [5, 5.41) is 5.13. The number of hydrogen-bond donors (Lipinski definition) is 2. The summed E-state index contributed by atoms with van der Waals surface area (Å²) in [6, 6.07) is 2.63. The van der Waals surface area contributed by atoms with Crippen LogP contribution in [0.25, 0.3) is 0 Å². The molecule has 0 aromatic carbocycles. The van der Waals surface area contributed by atoms with Crippen LogP contribution in [0.4, 0.5) is 5.82 Å². The fourth-order valence-corrected chi connectivity index (χ4v) is 2.37. The molecule has 2 rings (SSSR count). The third kappa shape index (κ3) is 3.01. The Labute approximate surface area is 122 Å². The number of anilines is 1. The molecular formula is C14H18N4O3. The van der Waals surface area contributed by atoms with Gasteiger partial charge in [0.25, 0.3) is 5.91 Å². The number of piperazine rings is 1. The fraction of sp³-hybridized carbons (Fsp3) is 0.429. The maximum Gasteiger partial charge on any atom is 0.255 e. The predicted octanol–water partition coefficient (Wildman–Crippen LogP) is 0.309. The summed E-state index contributed by atoms with van der Waals surface area (Å²) < 4.78 is 0. The molecule has 21 heavy (non-hydrogen) atoms. The molecule has 1 aromatic heterocycles. The minimum Gasteiger partial charge on any atom is -0.373 e. The van der Waals surface area contributed by atoms with E-state index in [4.69, 9.17) is 0 Å². The first-order valence-corrected chi connectivity index (χ1v) is 6.77. The topological polar surface area (TPSA) is 91.4 Å². The zero-order valence-corrected chi connectivity index (χ0v) is 12.3. The third-order valence-electron chi connectivity index (χ3n) is 3.36. The maximum absolute atomic E-state index is 12.6. The van der Waals surface area contributed by atoms with Crippen LogP contribution in [0.15, 0.2) is 12.1 Å². The smallest absolute Gasteiger partial charge is 0.255 e. The number of carbonyl (C=O) groups excluding carboxylic acids is 3. The van der Waals surface area contributed by atoms with Crippen molar-refractivity contribution in [2.75, 3.05) is 18.9 Å². The van der Waals surface area contributed by atoms with Crippen LogP contribution in [0, 0.1) is 6.92 Å². The number of nitrogens with zero attached hydrogens (tertiary/aromatic N) is 2. The molecule has 1 saturated heterocycles. The average molecular weight is 290 g/mol. The first-order valence-electron chi connectivity index (χ1n) is 6.77. The summed E-state index contributed by atoms with van der Waals surface area (Å²) in [6.07, 6.45) is 0.452. The molecule has 0 radical (unpaired) electrons. The van der Waals surface area contributed by atoms with Gasteiger partial charge in [0.1, 0.15) is 18.4 Å². The van der Waals surface area contributed by atoms with E-state index < -0.39 is 17.9 Å². The number of amides is 3. The molecule has 0 spiro atoms. The highest BCUT2D eigenvalue weighted by Crippen LogP contribution is 2.17. The lowest BCUT2D eigenvalue weighted by molar-refractivity contribution is -0.138. The standard InChI is InChI=1S/C14H18N4O3/c1-4-10-13(20)17-12(19)7-18(10)14(21)9-5-8(2)16-11(6-9)15-3/h5-6,10H,4,7H2,1-3H3,(H,15,16)(H,17,19,20). The van der Waals surface area contributed by atoms with Gasteiger partial charge in [-0.1, -0.05) is 6.92 Å². The Balaban J connectivity index is 2.35. The zero-order chi connectivity index (χ0) is 15.6. The van der Waals surface area contributed by atoms with Crippen molar-refractivity contribution in [3.63, 3.8) is 0 Å². The monoisotopic (exact) mass is 290 g/mol. The average Bonchev–Trinajstić information content (AvgIpc) is 2.45. The van der Waals surface area contributed by atoms with Gasteiger partial charge in [-0.2, -0.15) is 0 Å². The van der Waals surface area contributed by atoms with Crippen LogP contribution >= 0.6 is 0 Å². The normalized spacial score (nSPS) is 18.4. The van der Waals surface area contributed by atoms with E-state index in [2.05, 4.69) is 15.6 Å². The number of pyridine rings is 1. The van der Waals surface area contributed by atoms with Crippen molar-refractivity contribution in [2.45, 2.75) is 26.3 Å². The number of imide groups is 1. The van der Waals surface area contributed by atoms with Crippen molar-refractivity contribution in [1.82, 2.24) is 15.2 Å². The number of aryl methyl sites for hydroxylation is 1. The molecule has 7 heteroatoms. The molecule has 0 aliphatic carbocycles. The van der Waals surface area contributed by atoms with Crippen molar-refractivity contribution in [3.8, 4) is 0 Å². The van der Waals surface area contributed by atoms with Gasteiger partial charge in [-0.15, -0.1) is 0 Å². The Bertz CT molecular complexity index is 600. The van der Waals surface area contributed by atoms with Crippen LogP contribution < -0.4 is 10.6 Å². The first kappa shape index (κ1) is 15.0.